The van der Waals surface area contributed by atoms with Crippen molar-refractivity contribution < 1.29 is 9.53 Å². The number of hydrogen-bond acceptors (Lipinski definition) is 2. The van der Waals surface area contributed by atoms with Gasteiger partial charge in [-0.3, -0.25) is 0 Å². The number of carbonyl (C=O) groups is 1. The Labute approximate surface area is 85.3 Å². The second-order valence-corrected chi connectivity index (χ2v) is 2.67. The predicted octanol–water partition coefficient (Wildman–Crippen LogP) is 3.14. The molecule has 0 spiro atoms. The van der Waals surface area contributed by atoms with Crippen LogP contribution >= 0.6 is 0 Å². The van der Waals surface area contributed by atoms with Crippen molar-refractivity contribution in [2.24, 2.45) is 0 Å². The van der Waals surface area contributed by atoms with Crippen LogP contribution in [0.3, 0.4) is 0 Å². The van der Waals surface area contributed by atoms with Crippen LogP contribution in [0.2, 0.25) is 0 Å². The second kappa shape index (κ2) is 6.89. The van der Waals surface area contributed by atoms with Crippen molar-refractivity contribution in [3.8, 4) is 0 Å². The molecule has 0 aromatic carbocycles. The Morgan fingerprint density at radius 3 is 2.21 bits per heavy atom. The van der Waals surface area contributed by atoms with Gasteiger partial charge in [0.15, 0.2) is 0 Å². The molecule has 0 aliphatic heterocycles. The highest BCUT2D eigenvalue weighted by Crippen LogP contribution is 2.09. The minimum Gasteiger partial charge on any atom is -0.423 e. The zero-order valence-electron chi connectivity index (χ0n) is 8.91. The summed E-state index contributed by atoms with van der Waals surface area (Å²) in [4.78, 5) is 11.0. The van der Waals surface area contributed by atoms with Gasteiger partial charge in [0.2, 0.25) is 0 Å². The maximum absolute atomic E-state index is 11.0. The van der Waals surface area contributed by atoms with Crippen molar-refractivity contribution in [3.63, 3.8) is 0 Å². The smallest absolute Gasteiger partial charge is 0.335 e. The van der Waals surface area contributed by atoms with Gasteiger partial charge in [0, 0.05) is 6.08 Å². The summed E-state index contributed by atoms with van der Waals surface area (Å²) in [6.07, 6.45) is 8.48. The highest BCUT2D eigenvalue weighted by atomic mass is 16.5. The van der Waals surface area contributed by atoms with Crippen LogP contribution in [0.5, 0.6) is 0 Å². The molecule has 0 saturated carbocycles. The van der Waals surface area contributed by atoms with Crippen molar-refractivity contribution in [1.82, 2.24) is 0 Å². The third-order valence-corrected chi connectivity index (χ3v) is 1.50. The quantitative estimate of drug-likeness (QED) is 0.296. The lowest BCUT2D eigenvalue weighted by Crippen LogP contribution is -2.00. The first kappa shape index (κ1) is 12.4. The fourth-order valence-corrected chi connectivity index (χ4v) is 0.880. The largest absolute Gasteiger partial charge is 0.423 e. The Morgan fingerprint density at radius 1 is 1.21 bits per heavy atom. The summed E-state index contributed by atoms with van der Waals surface area (Å²) in [5.74, 6) is 0.109. The molecule has 0 aromatic rings. The molecule has 0 saturated heterocycles. The van der Waals surface area contributed by atoms with Gasteiger partial charge in [-0.1, -0.05) is 24.8 Å². The van der Waals surface area contributed by atoms with Gasteiger partial charge >= 0.3 is 5.97 Å². The average Bonchev–Trinajstić information content (AvgIpc) is 2.17. The Hall–Kier alpha value is -1.57. The minimum atomic E-state index is -0.443. The van der Waals surface area contributed by atoms with Gasteiger partial charge in [-0.2, -0.15) is 0 Å². The van der Waals surface area contributed by atoms with Crippen molar-refractivity contribution in [2.75, 3.05) is 0 Å². The number of ether oxygens (including phenoxy) is 1. The van der Waals surface area contributed by atoms with Crippen LogP contribution < -0.4 is 0 Å². The van der Waals surface area contributed by atoms with Crippen molar-refractivity contribution in [2.45, 2.75) is 20.8 Å². The van der Waals surface area contributed by atoms with E-state index in [2.05, 4.69) is 6.58 Å². The Bertz CT molecular complexity index is 293. The van der Waals surface area contributed by atoms with E-state index in [1.165, 1.54) is 0 Å². The van der Waals surface area contributed by atoms with E-state index < -0.39 is 5.97 Å². The molecule has 0 atom stereocenters. The molecule has 0 unspecified atom stereocenters. The van der Waals surface area contributed by atoms with Crippen LogP contribution in [0.25, 0.3) is 0 Å². The molecule has 0 bridgehead atoms. The zero-order valence-corrected chi connectivity index (χ0v) is 8.91. The fraction of sp³-hybridized carbons (Fsp3) is 0.250. The van der Waals surface area contributed by atoms with Gasteiger partial charge in [0.05, 0.1) is 0 Å². The summed E-state index contributed by atoms with van der Waals surface area (Å²) in [5, 5.41) is 0. The summed E-state index contributed by atoms with van der Waals surface area (Å²) in [5.41, 5.74) is 0.904. The van der Waals surface area contributed by atoms with Gasteiger partial charge in [-0.15, -0.1) is 0 Å². The molecule has 0 N–H and O–H groups in total. The summed E-state index contributed by atoms with van der Waals surface area (Å²) in [7, 11) is 0. The number of carbonyl (C=O) groups excluding carboxylic acids is 1. The predicted molar refractivity (Wildman–Crippen MR) is 58.6 cm³/mol. The van der Waals surface area contributed by atoms with Crippen LogP contribution in [0, 0.1) is 0 Å². The molecular formula is C12H16O2. The van der Waals surface area contributed by atoms with E-state index in [4.69, 9.17) is 4.74 Å². The number of esters is 1. The van der Waals surface area contributed by atoms with E-state index in [0.717, 1.165) is 11.6 Å². The van der Waals surface area contributed by atoms with E-state index in [1.807, 2.05) is 39.0 Å². The lowest BCUT2D eigenvalue weighted by molar-refractivity contribution is -0.133. The molecule has 0 heterocycles. The SMILES string of the molecule is C=CC(=O)OC(/C=C\C)=C(C)/C=C\C. The maximum Gasteiger partial charge on any atom is 0.335 e. The molecule has 0 rings (SSSR count). The molecule has 2 heteroatoms. The van der Waals surface area contributed by atoms with Crippen LogP contribution in [-0.2, 0) is 9.53 Å². The van der Waals surface area contributed by atoms with Crippen LogP contribution in [0.1, 0.15) is 20.8 Å². The number of rotatable bonds is 4. The van der Waals surface area contributed by atoms with Crippen LogP contribution in [-0.4, -0.2) is 5.97 Å². The van der Waals surface area contributed by atoms with Crippen molar-refractivity contribution in [3.05, 3.63) is 48.3 Å². The topological polar surface area (TPSA) is 26.3 Å². The first-order valence-electron chi connectivity index (χ1n) is 4.46. The Kier molecular flexibility index (Phi) is 6.12. The fourth-order valence-electron chi connectivity index (χ4n) is 0.880. The third-order valence-electron chi connectivity index (χ3n) is 1.50. The monoisotopic (exact) mass is 192 g/mol. The van der Waals surface area contributed by atoms with E-state index in [1.54, 1.807) is 6.08 Å². The van der Waals surface area contributed by atoms with Crippen LogP contribution in [0.4, 0.5) is 0 Å². The highest BCUT2D eigenvalue weighted by Gasteiger charge is 2.01. The molecular weight excluding hydrogens is 176 g/mol. The maximum atomic E-state index is 11.0. The van der Waals surface area contributed by atoms with Gasteiger partial charge in [-0.05, 0) is 32.4 Å². The van der Waals surface area contributed by atoms with Gasteiger partial charge < -0.3 is 4.74 Å². The normalized spacial score (nSPS) is 13.1. The minimum absolute atomic E-state index is 0.443. The first-order chi connectivity index (χ1) is 6.65. The lowest BCUT2D eigenvalue weighted by Gasteiger charge is -2.04. The molecule has 0 aliphatic rings. The Balaban J connectivity index is 4.83. The number of hydrogen-bond donors (Lipinski definition) is 0. The Morgan fingerprint density at radius 2 is 1.79 bits per heavy atom. The summed E-state index contributed by atoms with van der Waals surface area (Å²) in [6, 6.07) is 0. The van der Waals surface area contributed by atoms with E-state index in [0.29, 0.717) is 5.76 Å². The molecule has 0 radical (unpaired) electrons. The van der Waals surface area contributed by atoms with Crippen molar-refractivity contribution in [1.29, 1.82) is 0 Å². The van der Waals surface area contributed by atoms with E-state index in [9.17, 15) is 4.79 Å². The molecule has 0 aromatic heterocycles. The molecule has 76 valence electrons. The standard InChI is InChI=1S/C12H16O2/c1-5-8-10(4)11(9-6-2)14-12(13)7-3/h5-9H,3H2,1-2,4H3/b8-5-,9-6-,11-10+. The van der Waals surface area contributed by atoms with Gasteiger partial charge in [0.25, 0.3) is 0 Å². The first-order valence-corrected chi connectivity index (χ1v) is 4.46. The van der Waals surface area contributed by atoms with Gasteiger partial charge in [-0.25, -0.2) is 4.79 Å². The number of allylic oxidation sites excluding steroid dienone is 5. The molecule has 2 nitrogen and oxygen atoms in total. The summed E-state index contributed by atoms with van der Waals surface area (Å²) >= 11 is 0. The molecule has 0 amide bonds. The third kappa shape index (κ3) is 4.45. The molecule has 0 aliphatic carbocycles. The lowest BCUT2D eigenvalue weighted by atomic mass is 10.2. The zero-order chi connectivity index (χ0) is 11.0. The highest BCUT2D eigenvalue weighted by molar-refractivity contribution is 5.82. The van der Waals surface area contributed by atoms with E-state index in [-0.39, 0.29) is 0 Å². The second-order valence-electron chi connectivity index (χ2n) is 2.67. The van der Waals surface area contributed by atoms with Crippen molar-refractivity contribution >= 4 is 5.97 Å². The summed E-state index contributed by atoms with van der Waals surface area (Å²) < 4.78 is 5.04. The summed E-state index contributed by atoms with van der Waals surface area (Å²) in [6.45, 7) is 9.00. The van der Waals surface area contributed by atoms with Gasteiger partial charge in [0.1, 0.15) is 5.76 Å². The molecule has 0 fully saturated rings. The van der Waals surface area contributed by atoms with Crippen LogP contribution in [0.15, 0.2) is 48.3 Å². The average molecular weight is 192 g/mol. The molecule has 14 heavy (non-hydrogen) atoms. The van der Waals surface area contributed by atoms with E-state index >= 15 is 0 Å².